The monoisotopic (exact) mass is 276 g/mol. The molecular weight excluding hydrogens is 252 g/mol. The van der Waals surface area contributed by atoms with Gasteiger partial charge in [-0.2, -0.15) is 5.10 Å². The highest BCUT2D eigenvalue weighted by molar-refractivity contribution is 5.38. The first-order chi connectivity index (χ1) is 9.72. The van der Waals surface area contributed by atoms with Gasteiger partial charge < -0.3 is 10.4 Å². The Hall–Kier alpha value is -1.46. The maximum atomic E-state index is 9.05. The number of hydrogen-bond acceptors (Lipinski definition) is 4. The van der Waals surface area contributed by atoms with Gasteiger partial charge in [0.1, 0.15) is 0 Å². The van der Waals surface area contributed by atoms with Gasteiger partial charge in [-0.05, 0) is 32.2 Å². The highest BCUT2D eigenvalue weighted by atomic mass is 16.3. The Morgan fingerprint density at radius 3 is 3.00 bits per heavy atom. The summed E-state index contributed by atoms with van der Waals surface area (Å²) in [6.07, 6.45) is 7.10. The maximum Gasteiger partial charge on any atom is 0.155 e. The standard InChI is InChI=1S/C15H24N4O/c1-3-4-13(5-6-20)8-16-9-14-10-17-15-7-12(2)18-19(15)11-14/h7,10-11,13,16,20H,3-6,8-9H2,1-2H3. The summed E-state index contributed by atoms with van der Waals surface area (Å²) in [5.41, 5.74) is 2.99. The fourth-order valence-electron chi connectivity index (χ4n) is 2.49. The van der Waals surface area contributed by atoms with Gasteiger partial charge in [-0.1, -0.05) is 13.3 Å². The summed E-state index contributed by atoms with van der Waals surface area (Å²) in [6, 6.07) is 1.97. The molecule has 0 saturated carbocycles. The topological polar surface area (TPSA) is 62.5 Å². The van der Waals surface area contributed by atoms with Gasteiger partial charge in [-0.3, -0.25) is 0 Å². The van der Waals surface area contributed by atoms with Gasteiger partial charge in [0, 0.05) is 37.2 Å². The minimum absolute atomic E-state index is 0.270. The predicted octanol–water partition coefficient (Wildman–Crippen LogP) is 1.93. The Labute approximate surface area is 120 Å². The van der Waals surface area contributed by atoms with E-state index in [-0.39, 0.29) is 6.61 Å². The Bertz CT molecular complexity index is 532. The van der Waals surface area contributed by atoms with Gasteiger partial charge in [0.05, 0.1) is 5.69 Å². The van der Waals surface area contributed by atoms with Crippen LogP contribution in [0.1, 0.15) is 37.4 Å². The van der Waals surface area contributed by atoms with E-state index in [0.29, 0.717) is 5.92 Å². The molecule has 1 unspecified atom stereocenters. The molecule has 0 aliphatic rings. The zero-order valence-electron chi connectivity index (χ0n) is 12.3. The molecule has 0 bridgehead atoms. The largest absolute Gasteiger partial charge is 0.396 e. The smallest absolute Gasteiger partial charge is 0.155 e. The lowest BCUT2D eigenvalue weighted by atomic mass is 10.0. The predicted molar refractivity (Wildman–Crippen MR) is 79.5 cm³/mol. The first-order valence-corrected chi connectivity index (χ1v) is 7.35. The van der Waals surface area contributed by atoms with Gasteiger partial charge in [0.15, 0.2) is 5.65 Å². The lowest BCUT2D eigenvalue weighted by molar-refractivity contribution is 0.248. The second-order valence-corrected chi connectivity index (χ2v) is 5.35. The van der Waals surface area contributed by atoms with E-state index in [1.54, 1.807) is 0 Å². The molecule has 0 radical (unpaired) electrons. The van der Waals surface area contributed by atoms with Gasteiger partial charge >= 0.3 is 0 Å². The summed E-state index contributed by atoms with van der Waals surface area (Å²) in [5.74, 6) is 0.550. The maximum absolute atomic E-state index is 9.05. The number of rotatable bonds is 8. The van der Waals surface area contributed by atoms with E-state index in [2.05, 4.69) is 22.3 Å². The molecule has 0 spiro atoms. The quantitative estimate of drug-likeness (QED) is 0.773. The summed E-state index contributed by atoms with van der Waals surface area (Å²) in [5, 5.41) is 16.9. The number of nitrogens with zero attached hydrogens (tertiary/aromatic N) is 3. The second kappa shape index (κ2) is 7.36. The van der Waals surface area contributed by atoms with Crippen molar-refractivity contribution in [3.05, 3.63) is 29.7 Å². The molecule has 0 amide bonds. The van der Waals surface area contributed by atoms with Crippen LogP contribution >= 0.6 is 0 Å². The van der Waals surface area contributed by atoms with Crippen molar-refractivity contribution in [2.45, 2.75) is 39.7 Å². The van der Waals surface area contributed by atoms with Crippen LogP contribution in [0.3, 0.4) is 0 Å². The van der Waals surface area contributed by atoms with Crippen LogP contribution in [0.15, 0.2) is 18.5 Å². The molecule has 0 fully saturated rings. The van der Waals surface area contributed by atoms with Crippen molar-refractivity contribution in [2.75, 3.05) is 13.2 Å². The Kier molecular flexibility index (Phi) is 5.49. The second-order valence-electron chi connectivity index (χ2n) is 5.35. The molecular formula is C15H24N4O. The normalized spacial score (nSPS) is 12.9. The van der Waals surface area contributed by atoms with E-state index in [1.165, 1.54) is 0 Å². The Morgan fingerprint density at radius 2 is 2.25 bits per heavy atom. The van der Waals surface area contributed by atoms with Crippen LogP contribution < -0.4 is 5.32 Å². The van der Waals surface area contributed by atoms with E-state index in [9.17, 15) is 0 Å². The van der Waals surface area contributed by atoms with Gasteiger partial charge in [0.2, 0.25) is 0 Å². The number of aliphatic hydroxyl groups excluding tert-OH is 1. The summed E-state index contributed by atoms with van der Waals surface area (Å²) in [7, 11) is 0. The molecule has 20 heavy (non-hydrogen) atoms. The first-order valence-electron chi connectivity index (χ1n) is 7.35. The average Bonchev–Trinajstić information content (AvgIpc) is 2.78. The molecule has 110 valence electrons. The molecule has 0 aliphatic heterocycles. The molecule has 2 N–H and O–H groups in total. The molecule has 1 atom stereocenters. The average molecular weight is 276 g/mol. The molecule has 2 rings (SSSR count). The number of nitrogens with one attached hydrogen (secondary N) is 1. The molecule has 0 aliphatic carbocycles. The van der Waals surface area contributed by atoms with Crippen molar-refractivity contribution < 1.29 is 5.11 Å². The van der Waals surface area contributed by atoms with Crippen molar-refractivity contribution in [3.63, 3.8) is 0 Å². The highest BCUT2D eigenvalue weighted by Gasteiger charge is 2.07. The zero-order chi connectivity index (χ0) is 14.4. The molecule has 5 nitrogen and oxygen atoms in total. The molecule has 0 aromatic carbocycles. The van der Waals surface area contributed by atoms with Crippen LogP contribution in [0.5, 0.6) is 0 Å². The van der Waals surface area contributed by atoms with E-state index in [1.807, 2.05) is 29.9 Å². The number of fused-ring (bicyclic) bond motifs is 1. The van der Waals surface area contributed by atoms with Crippen molar-refractivity contribution in [1.29, 1.82) is 0 Å². The van der Waals surface area contributed by atoms with E-state index in [0.717, 1.165) is 49.3 Å². The van der Waals surface area contributed by atoms with Crippen LogP contribution in [-0.4, -0.2) is 32.9 Å². The van der Waals surface area contributed by atoms with Crippen LogP contribution in [0.2, 0.25) is 0 Å². The van der Waals surface area contributed by atoms with Gasteiger partial charge in [-0.15, -0.1) is 0 Å². The van der Waals surface area contributed by atoms with Crippen LogP contribution in [0, 0.1) is 12.8 Å². The Balaban J connectivity index is 1.88. The minimum Gasteiger partial charge on any atom is -0.396 e. The first kappa shape index (κ1) is 14.9. The molecule has 2 heterocycles. The van der Waals surface area contributed by atoms with Crippen molar-refractivity contribution in [2.24, 2.45) is 5.92 Å². The van der Waals surface area contributed by atoms with Crippen molar-refractivity contribution in [1.82, 2.24) is 19.9 Å². The lowest BCUT2D eigenvalue weighted by Crippen LogP contribution is -2.23. The Morgan fingerprint density at radius 1 is 1.40 bits per heavy atom. The molecule has 5 heteroatoms. The fraction of sp³-hybridized carbons (Fsp3) is 0.600. The van der Waals surface area contributed by atoms with Gasteiger partial charge in [-0.25, -0.2) is 9.50 Å². The summed E-state index contributed by atoms with van der Waals surface area (Å²) >= 11 is 0. The summed E-state index contributed by atoms with van der Waals surface area (Å²) < 4.78 is 1.82. The molecule has 2 aromatic rings. The number of aliphatic hydroxyl groups is 1. The zero-order valence-corrected chi connectivity index (χ0v) is 12.3. The highest BCUT2D eigenvalue weighted by Crippen LogP contribution is 2.10. The third-order valence-electron chi connectivity index (χ3n) is 3.49. The van der Waals surface area contributed by atoms with E-state index in [4.69, 9.17) is 5.11 Å². The number of aryl methyl sites for hydroxylation is 1. The van der Waals surface area contributed by atoms with Crippen molar-refractivity contribution >= 4 is 5.65 Å². The lowest BCUT2D eigenvalue weighted by Gasteiger charge is -2.15. The van der Waals surface area contributed by atoms with E-state index >= 15 is 0 Å². The third-order valence-corrected chi connectivity index (χ3v) is 3.49. The van der Waals surface area contributed by atoms with Crippen LogP contribution in [0.25, 0.3) is 5.65 Å². The minimum atomic E-state index is 0.270. The van der Waals surface area contributed by atoms with Gasteiger partial charge in [0.25, 0.3) is 0 Å². The van der Waals surface area contributed by atoms with Crippen LogP contribution in [0.4, 0.5) is 0 Å². The number of aromatic nitrogens is 3. The molecule has 0 saturated heterocycles. The summed E-state index contributed by atoms with van der Waals surface area (Å²) in [4.78, 5) is 4.39. The van der Waals surface area contributed by atoms with Crippen LogP contribution in [-0.2, 0) is 6.54 Å². The van der Waals surface area contributed by atoms with E-state index < -0.39 is 0 Å². The number of hydrogen-bond donors (Lipinski definition) is 2. The molecule has 2 aromatic heterocycles. The third kappa shape index (κ3) is 4.02. The summed E-state index contributed by atoms with van der Waals surface area (Å²) in [6.45, 7) is 6.14. The fourth-order valence-corrected chi connectivity index (χ4v) is 2.49. The van der Waals surface area contributed by atoms with Crippen molar-refractivity contribution in [3.8, 4) is 0 Å². The SMILES string of the molecule is CCCC(CCO)CNCc1cnc2cc(C)nn2c1.